The summed E-state index contributed by atoms with van der Waals surface area (Å²) in [6, 6.07) is 0.857. The fraction of sp³-hybridized carbons (Fsp3) is 1.00. The molecule has 2 saturated carbocycles. The smallest absolute Gasteiger partial charge is 0.00725 e. The van der Waals surface area contributed by atoms with Crippen LogP contribution in [0.4, 0.5) is 0 Å². The van der Waals surface area contributed by atoms with E-state index in [4.69, 9.17) is 0 Å². The van der Waals surface area contributed by atoms with Crippen LogP contribution in [0.2, 0.25) is 0 Å². The molecular weight excluding hydrogens is 194 g/mol. The van der Waals surface area contributed by atoms with Crippen LogP contribution in [0, 0.1) is 17.8 Å². The van der Waals surface area contributed by atoms with Gasteiger partial charge in [-0.25, -0.2) is 0 Å². The lowest BCUT2D eigenvalue weighted by Gasteiger charge is -2.38. The first-order valence-corrected chi connectivity index (χ1v) is 7.49. The zero-order valence-electron chi connectivity index (χ0n) is 11.2. The third kappa shape index (κ3) is 3.48. The molecule has 16 heavy (non-hydrogen) atoms. The molecule has 0 amide bonds. The maximum absolute atomic E-state index is 3.73. The van der Waals surface area contributed by atoms with E-state index < -0.39 is 0 Å². The molecule has 0 unspecified atom stereocenters. The summed E-state index contributed by atoms with van der Waals surface area (Å²) in [4.78, 5) is 0. The molecule has 0 heterocycles. The molecule has 94 valence electrons. The van der Waals surface area contributed by atoms with Crippen LogP contribution in [0.25, 0.3) is 0 Å². The van der Waals surface area contributed by atoms with Gasteiger partial charge >= 0.3 is 0 Å². The molecule has 0 aromatic carbocycles. The quantitative estimate of drug-likeness (QED) is 0.672. The number of rotatable bonds is 6. The molecule has 2 aliphatic carbocycles. The van der Waals surface area contributed by atoms with Crippen molar-refractivity contribution in [2.75, 3.05) is 6.54 Å². The average molecular weight is 223 g/mol. The van der Waals surface area contributed by atoms with Gasteiger partial charge < -0.3 is 5.32 Å². The Balaban J connectivity index is 1.44. The summed E-state index contributed by atoms with van der Waals surface area (Å²) in [7, 11) is 0. The topological polar surface area (TPSA) is 12.0 Å². The van der Waals surface area contributed by atoms with E-state index in [1.165, 1.54) is 57.9 Å². The van der Waals surface area contributed by atoms with Gasteiger partial charge in [0.2, 0.25) is 0 Å². The van der Waals surface area contributed by atoms with Crippen molar-refractivity contribution in [2.24, 2.45) is 17.8 Å². The zero-order chi connectivity index (χ0) is 11.4. The zero-order valence-corrected chi connectivity index (χ0v) is 11.2. The first-order valence-electron chi connectivity index (χ1n) is 7.49. The molecule has 0 saturated heterocycles. The van der Waals surface area contributed by atoms with Crippen LogP contribution >= 0.6 is 0 Å². The summed E-state index contributed by atoms with van der Waals surface area (Å²) in [5.41, 5.74) is 0. The molecule has 2 rings (SSSR count). The van der Waals surface area contributed by atoms with Gasteiger partial charge in [0.05, 0.1) is 0 Å². The van der Waals surface area contributed by atoms with Crippen molar-refractivity contribution in [3.63, 3.8) is 0 Å². The monoisotopic (exact) mass is 223 g/mol. The van der Waals surface area contributed by atoms with Crippen LogP contribution < -0.4 is 5.32 Å². The highest BCUT2D eigenvalue weighted by atomic mass is 14.9. The van der Waals surface area contributed by atoms with E-state index in [2.05, 4.69) is 19.2 Å². The normalized spacial score (nSPS) is 30.9. The van der Waals surface area contributed by atoms with Crippen molar-refractivity contribution in [1.82, 2.24) is 5.32 Å². The summed E-state index contributed by atoms with van der Waals surface area (Å²) < 4.78 is 0. The van der Waals surface area contributed by atoms with Gasteiger partial charge in [-0.1, -0.05) is 39.5 Å². The Morgan fingerprint density at radius 2 is 1.81 bits per heavy atom. The van der Waals surface area contributed by atoms with Gasteiger partial charge in [-0.3, -0.25) is 0 Å². The molecule has 0 aliphatic heterocycles. The Labute approximate surface area is 101 Å². The molecular formula is C15H29N. The molecule has 0 radical (unpaired) electrons. The Kier molecular flexibility index (Phi) is 4.69. The summed E-state index contributed by atoms with van der Waals surface area (Å²) in [6.07, 6.45) is 11.8. The first-order chi connectivity index (χ1) is 7.75. The predicted octanol–water partition coefficient (Wildman–Crippen LogP) is 3.98. The van der Waals surface area contributed by atoms with Gasteiger partial charge in [0.15, 0.2) is 0 Å². The van der Waals surface area contributed by atoms with Gasteiger partial charge in [0, 0.05) is 6.04 Å². The minimum absolute atomic E-state index is 0.857. The van der Waals surface area contributed by atoms with Gasteiger partial charge in [-0.05, 0) is 50.0 Å². The van der Waals surface area contributed by atoms with E-state index in [9.17, 15) is 0 Å². The number of hydrogen-bond donors (Lipinski definition) is 1. The van der Waals surface area contributed by atoms with Crippen LogP contribution in [-0.2, 0) is 0 Å². The van der Waals surface area contributed by atoms with Crippen LogP contribution in [0.5, 0.6) is 0 Å². The summed E-state index contributed by atoms with van der Waals surface area (Å²) in [6.45, 7) is 5.99. The van der Waals surface area contributed by atoms with Gasteiger partial charge in [-0.15, -0.1) is 0 Å². The molecule has 0 aromatic rings. The molecule has 0 atom stereocenters. The van der Waals surface area contributed by atoms with Gasteiger partial charge in [0.25, 0.3) is 0 Å². The van der Waals surface area contributed by atoms with E-state index >= 15 is 0 Å². The third-order valence-corrected chi connectivity index (χ3v) is 4.81. The van der Waals surface area contributed by atoms with E-state index in [0.717, 1.165) is 23.8 Å². The Morgan fingerprint density at radius 3 is 2.44 bits per heavy atom. The lowest BCUT2D eigenvalue weighted by atomic mass is 9.73. The molecule has 1 nitrogen and oxygen atoms in total. The maximum Gasteiger partial charge on any atom is 0.00725 e. The standard InChI is InChI=1S/C15H29N/c1-12(2)14-10-15(11-14)16-9-5-8-13-6-3-4-7-13/h12-16H,3-11H2,1-2H3. The maximum atomic E-state index is 3.73. The second kappa shape index (κ2) is 6.05. The largest absolute Gasteiger partial charge is 0.314 e. The summed E-state index contributed by atoms with van der Waals surface area (Å²) in [5.74, 6) is 2.98. The fourth-order valence-corrected chi connectivity index (χ4v) is 3.37. The second-order valence-electron chi connectivity index (χ2n) is 6.42. The molecule has 2 aliphatic rings. The Bertz CT molecular complexity index is 188. The van der Waals surface area contributed by atoms with Crippen molar-refractivity contribution < 1.29 is 0 Å². The highest BCUT2D eigenvalue weighted by Gasteiger charge is 2.30. The lowest BCUT2D eigenvalue weighted by Crippen LogP contribution is -2.43. The van der Waals surface area contributed by atoms with E-state index in [-0.39, 0.29) is 0 Å². The van der Waals surface area contributed by atoms with Crippen LogP contribution in [0.15, 0.2) is 0 Å². The van der Waals surface area contributed by atoms with Gasteiger partial charge in [0.1, 0.15) is 0 Å². The third-order valence-electron chi connectivity index (χ3n) is 4.81. The van der Waals surface area contributed by atoms with Crippen molar-refractivity contribution in [2.45, 2.75) is 71.3 Å². The van der Waals surface area contributed by atoms with Crippen LogP contribution in [0.3, 0.4) is 0 Å². The molecule has 0 aromatic heterocycles. The predicted molar refractivity (Wildman–Crippen MR) is 70.5 cm³/mol. The van der Waals surface area contributed by atoms with E-state index in [1.807, 2.05) is 0 Å². The SMILES string of the molecule is CC(C)C1CC(NCCCC2CCCC2)C1. The Morgan fingerprint density at radius 1 is 1.12 bits per heavy atom. The van der Waals surface area contributed by atoms with Crippen molar-refractivity contribution in [1.29, 1.82) is 0 Å². The summed E-state index contributed by atoms with van der Waals surface area (Å²) >= 11 is 0. The van der Waals surface area contributed by atoms with Crippen molar-refractivity contribution in [3.8, 4) is 0 Å². The highest BCUT2D eigenvalue weighted by Crippen LogP contribution is 2.33. The van der Waals surface area contributed by atoms with Crippen LogP contribution in [-0.4, -0.2) is 12.6 Å². The minimum atomic E-state index is 0.857. The molecule has 1 heteroatoms. The van der Waals surface area contributed by atoms with Crippen LogP contribution in [0.1, 0.15) is 65.2 Å². The molecule has 1 N–H and O–H groups in total. The minimum Gasteiger partial charge on any atom is -0.314 e. The molecule has 0 bridgehead atoms. The van der Waals surface area contributed by atoms with E-state index in [0.29, 0.717) is 0 Å². The molecule has 0 spiro atoms. The number of hydrogen-bond acceptors (Lipinski definition) is 1. The van der Waals surface area contributed by atoms with Gasteiger partial charge in [-0.2, -0.15) is 0 Å². The first kappa shape index (κ1) is 12.4. The lowest BCUT2D eigenvalue weighted by molar-refractivity contribution is 0.168. The second-order valence-corrected chi connectivity index (χ2v) is 6.42. The van der Waals surface area contributed by atoms with E-state index in [1.54, 1.807) is 0 Å². The highest BCUT2D eigenvalue weighted by molar-refractivity contribution is 4.86. The number of nitrogens with one attached hydrogen (secondary N) is 1. The van der Waals surface area contributed by atoms with Crippen molar-refractivity contribution in [3.05, 3.63) is 0 Å². The fourth-order valence-electron chi connectivity index (χ4n) is 3.37. The molecule has 2 fully saturated rings. The average Bonchev–Trinajstić information content (AvgIpc) is 2.66. The van der Waals surface area contributed by atoms with Crippen molar-refractivity contribution >= 4 is 0 Å². The Hall–Kier alpha value is -0.0400. The summed E-state index contributed by atoms with van der Waals surface area (Å²) in [5, 5.41) is 3.73.